The van der Waals surface area contributed by atoms with E-state index >= 15 is 0 Å². The number of halogens is 2. The maximum absolute atomic E-state index is 13.6. The molecule has 1 N–H and O–H groups in total. The Balaban J connectivity index is 2.67. The average molecular weight is 238 g/mol. The number of hydrogen-bond acceptors (Lipinski definition) is 2. The van der Waals surface area contributed by atoms with Crippen molar-refractivity contribution in [2.75, 3.05) is 0 Å². The van der Waals surface area contributed by atoms with Crippen LogP contribution in [-0.4, -0.2) is 20.9 Å². The van der Waals surface area contributed by atoms with Crippen LogP contribution < -0.4 is 0 Å². The predicted octanol–water partition coefficient (Wildman–Crippen LogP) is 2.06. The van der Waals surface area contributed by atoms with Gasteiger partial charge in [-0.2, -0.15) is 5.10 Å². The summed E-state index contributed by atoms with van der Waals surface area (Å²) < 4.78 is 27.6. The van der Waals surface area contributed by atoms with Gasteiger partial charge in [-0.3, -0.25) is 4.68 Å². The van der Waals surface area contributed by atoms with Gasteiger partial charge in [0, 0.05) is 18.7 Å². The molecule has 4 nitrogen and oxygen atoms in total. The van der Waals surface area contributed by atoms with E-state index in [0.29, 0.717) is 6.07 Å². The molecule has 1 aromatic heterocycles. The summed E-state index contributed by atoms with van der Waals surface area (Å²) in [5.41, 5.74) is -0.0168. The number of aromatic nitrogens is 2. The number of nitrogens with zero attached hydrogens (tertiary/aromatic N) is 2. The van der Waals surface area contributed by atoms with E-state index in [-0.39, 0.29) is 16.8 Å². The van der Waals surface area contributed by atoms with Crippen LogP contribution in [0.2, 0.25) is 0 Å². The zero-order valence-electron chi connectivity index (χ0n) is 8.82. The minimum atomic E-state index is -1.21. The second-order valence-electron chi connectivity index (χ2n) is 3.46. The molecule has 2 rings (SSSR count). The first-order valence-electron chi connectivity index (χ1n) is 4.71. The summed E-state index contributed by atoms with van der Waals surface area (Å²) in [5, 5.41) is 12.7. The smallest absolute Gasteiger partial charge is 0.339 e. The van der Waals surface area contributed by atoms with Crippen molar-refractivity contribution in [2.24, 2.45) is 7.05 Å². The highest BCUT2D eigenvalue weighted by molar-refractivity contribution is 5.94. The predicted molar refractivity (Wildman–Crippen MR) is 55.5 cm³/mol. The average Bonchev–Trinajstić information content (AvgIpc) is 2.60. The molecular formula is C11H8F2N2O2. The summed E-state index contributed by atoms with van der Waals surface area (Å²) in [4.78, 5) is 10.9. The number of aromatic carboxylic acids is 1. The second-order valence-corrected chi connectivity index (χ2v) is 3.46. The van der Waals surface area contributed by atoms with Gasteiger partial charge in [-0.05, 0) is 12.1 Å². The molecule has 0 bridgehead atoms. The quantitative estimate of drug-likeness (QED) is 0.871. The molecule has 2 aromatic rings. The van der Waals surface area contributed by atoms with Gasteiger partial charge in [0.15, 0.2) is 0 Å². The van der Waals surface area contributed by atoms with Crippen LogP contribution in [-0.2, 0) is 7.05 Å². The van der Waals surface area contributed by atoms with Crippen molar-refractivity contribution in [1.29, 1.82) is 0 Å². The molecule has 6 heteroatoms. The lowest BCUT2D eigenvalue weighted by molar-refractivity contribution is 0.0697. The van der Waals surface area contributed by atoms with Crippen LogP contribution in [0.4, 0.5) is 8.78 Å². The Hall–Kier alpha value is -2.24. The lowest BCUT2D eigenvalue weighted by Gasteiger charge is -2.05. The number of carbonyl (C=O) groups is 1. The van der Waals surface area contributed by atoms with E-state index in [4.69, 9.17) is 5.11 Å². The van der Waals surface area contributed by atoms with Crippen molar-refractivity contribution in [3.05, 3.63) is 41.6 Å². The molecule has 88 valence electrons. The molecule has 17 heavy (non-hydrogen) atoms. The molecule has 1 aromatic carbocycles. The highest BCUT2D eigenvalue weighted by atomic mass is 19.1. The molecule has 0 spiro atoms. The van der Waals surface area contributed by atoms with Crippen LogP contribution in [0.1, 0.15) is 10.4 Å². The first-order valence-corrected chi connectivity index (χ1v) is 4.71. The van der Waals surface area contributed by atoms with E-state index in [1.54, 1.807) is 0 Å². The molecule has 0 unspecified atom stereocenters. The molecule has 0 aliphatic heterocycles. The molecule has 0 saturated carbocycles. The molecule has 0 aliphatic rings. The van der Waals surface area contributed by atoms with Gasteiger partial charge in [-0.25, -0.2) is 13.6 Å². The van der Waals surface area contributed by atoms with E-state index < -0.39 is 17.6 Å². The van der Waals surface area contributed by atoms with Gasteiger partial charge in [0.2, 0.25) is 0 Å². The van der Waals surface area contributed by atoms with Crippen LogP contribution in [0.3, 0.4) is 0 Å². The van der Waals surface area contributed by atoms with Crippen LogP contribution in [0, 0.1) is 11.6 Å². The minimum absolute atomic E-state index is 0.00352. The van der Waals surface area contributed by atoms with Gasteiger partial charge in [-0.15, -0.1) is 0 Å². The first kappa shape index (κ1) is 11.3. The van der Waals surface area contributed by atoms with Crippen molar-refractivity contribution < 1.29 is 18.7 Å². The van der Waals surface area contributed by atoms with E-state index in [0.717, 1.165) is 12.3 Å². The Kier molecular flexibility index (Phi) is 2.63. The van der Waals surface area contributed by atoms with E-state index in [1.807, 2.05) is 0 Å². The molecule has 0 fully saturated rings. The molecular weight excluding hydrogens is 230 g/mol. The Morgan fingerprint density at radius 2 is 2.12 bits per heavy atom. The van der Waals surface area contributed by atoms with Crippen LogP contribution in [0.15, 0.2) is 24.4 Å². The number of benzene rings is 1. The van der Waals surface area contributed by atoms with E-state index in [2.05, 4.69) is 5.10 Å². The van der Waals surface area contributed by atoms with Gasteiger partial charge in [0.05, 0.1) is 11.9 Å². The SMILES string of the molecule is Cn1ncc(C(=O)O)c1-c1ccc(F)cc1F. The zero-order chi connectivity index (χ0) is 12.6. The van der Waals surface area contributed by atoms with Gasteiger partial charge in [-0.1, -0.05) is 0 Å². The number of aryl methyl sites for hydroxylation is 1. The highest BCUT2D eigenvalue weighted by Crippen LogP contribution is 2.26. The monoisotopic (exact) mass is 238 g/mol. The van der Waals surface area contributed by atoms with Crippen LogP contribution in [0.5, 0.6) is 0 Å². The summed E-state index contributed by atoms with van der Waals surface area (Å²) >= 11 is 0. The number of carboxylic acid groups (broad SMARTS) is 1. The van der Waals surface area contributed by atoms with E-state index in [1.165, 1.54) is 17.8 Å². The fraction of sp³-hybridized carbons (Fsp3) is 0.0909. The fourth-order valence-corrected chi connectivity index (χ4v) is 1.59. The van der Waals surface area contributed by atoms with Crippen molar-refractivity contribution in [2.45, 2.75) is 0 Å². The Morgan fingerprint density at radius 1 is 1.41 bits per heavy atom. The summed E-state index contributed by atoms with van der Waals surface area (Å²) in [5.74, 6) is -2.75. The van der Waals surface area contributed by atoms with Gasteiger partial charge >= 0.3 is 5.97 Å². The van der Waals surface area contributed by atoms with Crippen molar-refractivity contribution >= 4 is 5.97 Å². The van der Waals surface area contributed by atoms with E-state index in [9.17, 15) is 13.6 Å². The highest BCUT2D eigenvalue weighted by Gasteiger charge is 2.19. The van der Waals surface area contributed by atoms with Crippen LogP contribution in [0.25, 0.3) is 11.3 Å². The Bertz CT molecular complexity index is 593. The normalized spacial score (nSPS) is 10.5. The standard InChI is InChI=1S/C11H8F2N2O2/c1-15-10(8(5-14-15)11(16)17)7-3-2-6(12)4-9(7)13/h2-5H,1H3,(H,16,17). The molecule has 0 saturated heterocycles. The van der Waals surface area contributed by atoms with Gasteiger partial charge < -0.3 is 5.11 Å². The third kappa shape index (κ3) is 1.89. The second kappa shape index (κ2) is 3.97. The van der Waals surface area contributed by atoms with Crippen molar-refractivity contribution in [3.63, 3.8) is 0 Å². The van der Waals surface area contributed by atoms with Crippen molar-refractivity contribution in [3.8, 4) is 11.3 Å². The lowest BCUT2D eigenvalue weighted by atomic mass is 10.1. The Labute approximate surface area is 95.1 Å². The molecule has 0 atom stereocenters. The van der Waals surface area contributed by atoms with Crippen molar-refractivity contribution in [1.82, 2.24) is 9.78 Å². The molecule has 0 amide bonds. The maximum atomic E-state index is 13.6. The summed E-state index contributed by atoms with van der Waals surface area (Å²) in [6.07, 6.45) is 1.13. The Morgan fingerprint density at radius 3 is 2.71 bits per heavy atom. The third-order valence-electron chi connectivity index (χ3n) is 2.36. The molecule has 1 heterocycles. The number of hydrogen-bond donors (Lipinski definition) is 1. The topological polar surface area (TPSA) is 55.1 Å². The zero-order valence-corrected chi connectivity index (χ0v) is 8.82. The van der Waals surface area contributed by atoms with Gasteiger partial charge in [0.25, 0.3) is 0 Å². The third-order valence-corrected chi connectivity index (χ3v) is 2.36. The maximum Gasteiger partial charge on any atom is 0.339 e. The largest absolute Gasteiger partial charge is 0.478 e. The molecule has 0 radical (unpaired) electrons. The van der Waals surface area contributed by atoms with Crippen LogP contribution >= 0.6 is 0 Å². The van der Waals surface area contributed by atoms with Gasteiger partial charge in [0.1, 0.15) is 17.2 Å². The fourth-order valence-electron chi connectivity index (χ4n) is 1.59. The lowest BCUT2D eigenvalue weighted by Crippen LogP contribution is -2.02. The first-order chi connectivity index (χ1) is 8.00. The minimum Gasteiger partial charge on any atom is -0.478 e. The summed E-state index contributed by atoms with van der Waals surface area (Å²) in [6.45, 7) is 0. The summed E-state index contributed by atoms with van der Waals surface area (Å²) in [7, 11) is 1.49. The number of carboxylic acids is 1. The molecule has 0 aliphatic carbocycles. The summed E-state index contributed by atoms with van der Waals surface area (Å²) in [6, 6.07) is 2.96. The number of rotatable bonds is 2.